The molecule has 1 N–H and O–H groups in total. The van der Waals surface area contributed by atoms with Gasteiger partial charge in [-0.1, -0.05) is 23.7 Å². The number of nitrogens with one attached hydrogen (secondary N) is 1. The van der Waals surface area contributed by atoms with E-state index < -0.39 is 5.69 Å². The Bertz CT molecular complexity index is 651. The van der Waals surface area contributed by atoms with E-state index in [1.807, 2.05) is 0 Å². The van der Waals surface area contributed by atoms with Gasteiger partial charge in [-0.05, 0) is 26.0 Å². The maximum absolute atomic E-state index is 12.0. The zero-order valence-corrected chi connectivity index (χ0v) is 10.2. The molecule has 1 heterocycles. The van der Waals surface area contributed by atoms with Crippen molar-refractivity contribution in [3.05, 3.63) is 45.5 Å². The van der Waals surface area contributed by atoms with Gasteiger partial charge in [0.2, 0.25) is 0 Å². The van der Waals surface area contributed by atoms with Gasteiger partial charge in [-0.15, -0.1) is 4.74 Å². The normalized spacial score (nSPS) is 11.1. The molecule has 0 unspecified atom stereocenters. The second kappa shape index (κ2) is 4.25. The lowest BCUT2D eigenvalue weighted by atomic mass is 10.3. The first-order valence-electron chi connectivity index (χ1n) is 5.16. The van der Waals surface area contributed by atoms with E-state index in [1.54, 1.807) is 38.1 Å². The molecular formula is C11H12ClN3O2. The minimum absolute atomic E-state index is 0.143. The molecule has 0 bridgehead atoms. The van der Waals surface area contributed by atoms with Crippen molar-refractivity contribution in [3.8, 4) is 5.69 Å². The van der Waals surface area contributed by atoms with Gasteiger partial charge in [-0.3, -0.25) is 0 Å². The summed E-state index contributed by atoms with van der Waals surface area (Å²) in [5.41, 5.74) is -0.192. The van der Waals surface area contributed by atoms with Crippen molar-refractivity contribution in [1.82, 2.24) is 9.31 Å². The summed E-state index contributed by atoms with van der Waals surface area (Å²) in [7, 11) is 0. The van der Waals surface area contributed by atoms with Gasteiger partial charge in [0.05, 0.1) is 16.8 Å². The molecule has 0 saturated heterocycles. The lowest BCUT2D eigenvalue weighted by molar-refractivity contribution is 0.208. The highest BCUT2D eigenvalue weighted by Crippen LogP contribution is 2.16. The molecule has 2 rings (SSSR count). The van der Waals surface area contributed by atoms with Crippen molar-refractivity contribution in [1.29, 1.82) is 5.41 Å². The van der Waals surface area contributed by atoms with Crippen LogP contribution in [-0.4, -0.2) is 9.31 Å². The Kier molecular flexibility index (Phi) is 2.93. The molecule has 0 saturated carbocycles. The SMILES string of the molecule is CC(C)n1oc(=N)n(-c2ccccc2Cl)c1=O. The number of nitrogens with zero attached hydrogens (tertiary/aromatic N) is 2. The van der Waals surface area contributed by atoms with Crippen LogP contribution in [0.4, 0.5) is 0 Å². The number of benzene rings is 1. The monoisotopic (exact) mass is 253 g/mol. The number of hydrogen-bond donors (Lipinski definition) is 1. The Hall–Kier alpha value is -1.75. The van der Waals surface area contributed by atoms with Crippen LogP contribution in [0.25, 0.3) is 5.69 Å². The van der Waals surface area contributed by atoms with Crippen LogP contribution in [0.3, 0.4) is 0 Å². The number of para-hydroxylation sites is 1. The van der Waals surface area contributed by atoms with Crippen molar-refractivity contribution < 1.29 is 4.52 Å². The third-order valence-electron chi connectivity index (χ3n) is 2.33. The zero-order valence-electron chi connectivity index (χ0n) is 9.48. The summed E-state index contributed by atoms with van der Waals surface area (Å²) in [6.45, 7) is 3.61. The fourth-order valence-corrected chi connectivity index (χ4v) is 1.75. The average Bonchev–Trinajstić information content (AvgIpc) is 2.56. The van der Waals surface area contributed by atoms with Gasteiger partial charge in [0, 0.05) is 0 Å². The zero-order chi connectivity index (χ0) is 12.6. The van der Waals surface area contributed by atoms with E-state index in [9.17, 15) is 4.79 Å². The molecule has 17 heavy (non-hydrogen) atoms. The fraction of sp³-hybridized carbons (Fsp3) is 0.273. The van der Waals surface area contributed by atoms with Crippen molar-refractivity contribution in [2.24, 2.45) is 0 Å². The quantitative estimate of drug-likeness (QED) is 0.889. The third kappa shape index (κ3) is 1.93. The summed E-state index contributed by atoms with van der Waals surface area (Å²) in [4.78, 5) is 12.0. The summed E-state index contributed by atoms with van der Waals surface area (Å²) in [6, 6.07) is 6.70. The molecular weight excluding hydrogens is 242 g/mol. The largest absolute Gasteiger partial charge is 0.366 e. The molecule has 0 aliphatic rings. The number of hydrogen-bond acceptors (Lipinski definition) is 3. The van der Waals surface area contributed by atoms with Crippen LogP contribution < -0.4 is 11.4 Å². The van der Waals surface area contributed by atoms with Crippen LogP contribution in [0.15, 0.2) is 33.6 Å². The Morgan fingerprint density at radius 2 is 2.00 bits per heavy atom. The molecule has 2 aromatic rings. The van der Waals surface area contributed by atoms with E-state index in [2.05, 4.69) is 0 Å². The lowest BCUT2D eigenvalue weighted by Crippen LogP contribution is -2.28. The van der Waals surface area contributed by atoms with E-state index >= 15 is 0 Å². The first-order valence-corrected chi connectivity index (χ1v) is 5.54. The van der Waals surface area contributed by atoms with E-state index in [1.165, 1.54) is 0 Å². The summed E-state index contributed by atoms with van der Waals surface area (Å²) in [5.74, 6) is 0. The van der Waals surface area contributed by atoms with Crippen molar-refractivity contribution >= 4 is 11.6 Å². The summed E-state index contributed by atoms with van der Waals surface area (Å²) in [6.07, 6.45) is 0. The maximum atomic E-state index is 12.0. The minimum atomic E-state index is -0.405. The lowest BCUT2D eigenvalue weighted by Gasteiger charge is -2.02. The van der Waals surface area contributed by atoms with Gasteiger partial charge < -0.3 is 4.52 Å². The predicted molar refractivity (Wildman–Crippen MR) is 63.5 cm³/mol. The highest BCUT2D eigenvalue weighted by molar-refractivity contribution is 6.32. The molecule has 0 aliphatic carbocycles. The topological polar surface area (TPSA) is 63.9 Å². The van der Waals surface area contributed by atoms with Gasteiger partial charge in [-0.25, -0.2) is 14.8 Å². The number of halogens is 1. The smallest absolute Gasteiger partial charge is 0.335 e. The standard InChI is InChI=1S/C11H12ClN3O2/c1-7(2)15-11(16)14(10(13)17-15)9-6-4-3-5-8(9)12/h3-7,13H,1-2H3. The number of aromatic nitrogens is 2. The highest BCUT2D eigenvalue weighted by atomic mass is 35.5. The summed E-state index contributed by atoms with van der Waals surface area (Å²) in [5, 5.41) is 8.08. The van der Waals surface area contributed by atoms with E-state index in [-0.39, 0.29) is 11.7 Å². The van der Waals surface area contributed by atoms with E-state index in [0.29, 0.717) is 10.7 Å². The first kappa shape index (κ1) is 11.7. The molecule has 0 fully saturated rings. The minimum Gasteiger partial charge on any atom is -0.335 e. The van der Waals surface area contributed by atoms with Gasteiger partial charge in [0.1, 0.15) is 0 Å². The van der Waals surface area contributed by atoms with Crippen molar-refractivity contribution in [2.75, 3.05) is 0 Å². The summed E-state index contributed by atoms with van der Waals surface area (Å²) >= 11 is 6.00. The van der Waals surface area contributed by atoms with Crippen LogP contribution in [0.2, 0.25) is 5.02 Å². The molecule has 6 heteroatoms. The molecule has 90 valence electrons. The maximum Gasteiger partial charge on any atom is 0.366 e. The molecule has 1 aromatic carbocycles. The Morgan fingerprint density at radius 3 is 2.53 bits per heavy atom. The van der Waals surface area contributed by atoms with Gasteiger partial charge in [0.25, 0.3) is 0 Å². The van der Waals surface area contributed by atoms with Crippen LogP contribution >= 0.6 is 11.6 Å². The third-order valence-corrected chi connectivity index (χ3v) is 2.65. The molecule has 0 radical (unpaired) electrons. The molecule has 0 amide bonds. The number of rotatable bonds is 2. The highest BCUT2D eigenvalue weighted by Gasteiger charge is 2.15. The van der Waals surface area contributed by atoms with Gasteiger partial charge in [-0.2, -0.15) is 0 Å². The van der Waals surface area contributed by atoms with Crippen LogP contribution in [0, 0.1) is 5.41 Å². The molecule has 0 spiro atoms. The fourth-order valence-electron chi connectivity index (χ4n) is 1.53. The Morgan fingerprint density at radius 1 is 1.35 bits per heavy atom. The van der Waals surface area contributed by atoms with Crippen LogP contribution in [-0.2, 0) is 0 Å². The molecule has 0 atom stereocenters. The summed E-state index contributed by atoms with van der Waals surface area (Å²) < 4.78 is 7.38. The van der Waals surface area contributed by atoms with E-state index in [4.69, 9.17) is 21.5 Å². The second-order valence-electron chi connectivity index (χ2n) is 3.89. The molecule has 1 aromatic heterocycles. The predicted octanol–water partition coefficient (Wildman–Crippen LogP) is 1.95. The van der Waals surface area contributed by atoms with Gasteiger partial charge >= 0.3 is 11.4 Å². The van der Waals surface area contributed by atoms with Crippen molar-refractivity contribution in [2.45, 2.75) is 19.9 Å². The van der Waals surface area contributed by atoms with Crippen molar-refractivity contribution in [3.63, 3.8) is 0 Å². The first-order chi connectivity index (χ1) is 8.02. The van der Waals surface area contributed by atoms with Crippen LogP contribution in [0.1, 0.15) is 19.9 Å². The Balaban J connectivity index is 2.74. The average molecular weight is 254 g/mol. The van der Waals surface area contributed by atoms with E-state index in [0.717, 1.165) is 9.31 Å². The Labute approximate surface area is 102 Å². The van der Waals surface area contributed by atoms with Crippen LogP contribution in [0.5, 0.6) is 0 Å². The van der Waals surface area contributed by atoms with Gasteiger partial charge in [0.15, 0.2) is 0 Å². The molecule has 0 aliphatic heterocycles. The second-order valence-corrected chi connectivity index (χ2v) is 4.29. The molecule has 5 nitrogen and oxygen atoms in total.